The maximum atomic E-state index is 12.4. The molecule has 2 N–H and O–H groups in total. The van der Waals surface area contributed by atoms with Gasteiger partial charge in [-0.25, -0.2) is 4.98 Å². The normalized spacial score (nSPS) is 17.6. The van der Waals surface area contributed by atoms with Crippen LogP contribution in [0.1, 0.15) is 38.3 Å². The van der Waals surface area contributed by atoms with Crippen molar-refractivity contribution in [2.24, 2.45) is 13.0 Å². The highest BCUT2D eigenvalue weighted by Gasteiger charge is 2.26. The summed E-state index contributed by atoms with van der Waals surface area (Å²) in [5.41, 5.74) is 4.28. The molecule has 3 aromatic rings. The molecule has 1 aliphatic rings. The predicted molar refractivity (Wildman–Crippen MR) is 138 cm³/mol. The molecule has 2 aromatic heterocycles. The molecule has 1 aromatic carbocycles. The van der Waals surface area contributed by atoms with Gasteiger partial charge < -0.3 is 23.7 Å². The maximum absolute atomic E-state index is 12.4. The quantitative estimate of drug-likeness (QED) is 0.439. The van der Waals surface area contributed by atoms with Crippen molar-refractivity contribution in [3.8, 4) is 11.4 Å². The van der Waals surface area contributed by atoms with Gasteiger partial charge >= 0.3 is 5.97 Å². The highest BCUT2D eigenvalue weighted by atomic mass is 16.5. The van der Waals surface area contributed by atoms with E-state index in [1.54, 1.807) is 32.4 Å². The molecule has 1 fully saturated rings. The van der Waals surface area contributed by atoms with Crippen LogP contribution >= 0.6 is 0 Å². The van der Waals surface area contributed by atoms with Gasteiger partial charge in [-0.05, 0) is 57.9 Å². The van der Waals surface area contributed by atoms with Gasteiger partial charge in [-0.15, -0.1) is 0 Å². The van der Waals surface area contributed by atoms with Gasteiger partial charge in [-0.2, -0.15) is 0 Å². The van der Waals surface area contributed by atoms with Crippen LogP contribution in [0.25, 0.3) is 22.4 Å². The van der Waals surface area contributed by atoms with Gasteiger partial charge in [0.25, 0.3) is 5.56 Å². The van der Waals surface area contributed by atoms with Crippen molar-refractivity contribution in [2.45, 2.75) is 65.5 Å². The molecular formula is C27H36N4O5. The van der Waals surface area contributed by atoms with Crippen molar-refractivity contribution in [1.29, 1.82) is 0 Å². The maximum Gasteiger partial charge on any atom is 0.326 e. The van der Waals surface area contributed by atoms with Gasteiger partial charge in [0.05, 0.1) is 29.8 Å². The van der Waals surface area contributed by atoms with E-state index in [1.807, 2.05) is 37.4 Å². The van der Waals surface area contributed by atoms with Crippen molar-refractivity contribution in [3.63, 3.8) is 0 Å². The van der Waals surface area contributed by atoms with Gasteiger partial charge in [-0.3, -0.25) is 14.9 Å². The Bertz CT molecular complexity index is 1260. The number of hydrogen-bond donors (Lipinski definition) is 2. The van der Waals surface area contributed by atoms with E-state index in [2.05, 4.69) is 9.88 Å². The Balaban J connectivity index is 1.67. The molecule has 0 radical (unpaired) electrons. The topological polar surface area (TPSA) is 108 Å². The van der Waals surface area contributed by atoms with E-state index in [0.29, 0.717) is 18.0 Å². The zero-order chi connectivity index (χ0) is 26.0. The van der Waals surface area contributed by atoms with Gasteiger partial charge in [0, 0.05) is 50.0 Å². The lowest BCUT2D eigenvalue weighted by Crippen LogP contribution is -2.46. The molecule has 1 saturated heterocycles. The number of aromatic nitrogens is 3. The molecule has 0 spiro atoms. The second kappa shape index (κ2) is 10.9. The Kier molecular flexibility index (Phi) is 7.92. The highest BCUT2D eigenvalue weighted by molar-refractivity contribution is 5.81. The van der Waals surface area contributed by atoms with Crippen LogP contribution in [0.15, 0.2) is 35.3 Å². The van der Waals surface area contributed by atoms with Gasteiger partial charge in [0.15, 0.2) is 0 Å². The van der Waals surface area contributed by atoms with Crippen molar-refractivity contribution in [3.05, 3.63) is 51.9 Å². The predicted octanol–water partition coefficient (Wildman–Crippen LogP) is 2.54. The molecule has 3 atom stereocenters. The Labute approximate surface area is 211 Å². The first-order chi connectivity index (χ1) is 17.1. The number of aliphatic hydroxyl groups excluding tert-OH is 1. The van der Waals surface area contributed by atoms with Crippen LogP contribution < -0.4 is 10.9 Å². The summed E-state index contributed by atoms with van der Waals surface area (Å²) in [4.78, 5) is 29.6. The molecule has 4 rings (SSSR count). The number of pyridine rings is 1. The van der Waals surface area contributed by atoms with Crippen molar-refractivity contribution < 1.29 is 19.4 Å². The average molecular weight is 497 g/mol. The van der Waals surface area contributed by atoms with E-state index in [9.17, 15) is 14.7 Å². The third-order valence-corrected chi connectivity index (χ3v) is 6.51. The van der Waals surface area contributed by atoms with Crippen LogP contribution in [-0.2, 0) is 34.4 Å². The number of nitrogens with one attached hydrogen (secondary N) is 1. The van der Waals surface area contributed by atoms with E-state index < -0.39 is 18.1 Å². The molecule has 0 bridgehead atoms. The summed E-state index contributed by atoms with van der Waals surface area (Å²) < 4.78 is 14.7. The van der Waals surface area contributed by atoms with Crippen LogP contribution in [0.2, 0.25) is 0 Å². The second-order valence-corrected chi connectivity index (χ2v) is 10.0. The number of benzene rings is 1. The zero-order valence-corrected chi connectivity index (χ0v) is 21.7. The van der Waals surface area contributed by atoms with E-state index >= 15 is 0 Å². The largest absolute Gasteiger partial charge is 0.462 e. The number of aliphatic hydroxyl groups is 1. The van der Waals surface area contributed by atoms with Gasteiger partial charge in [0.1, 0.15) is 11.9 Å². The van der Waals surface area contributed by atoms with Crippen molar-refractivity contribution in [1.82, 2.24) is 19.4 Å². The fraction of sp³-hybridized carbons (Fsp3) is 0.519. The summed E-state index contributed by atoms with van der Waals surface area (Å²) in [6.45, 7) is 9.58. The van der Waals surface area contributed by atoms with Gasteiger partial charge in [0.2, 0.25) is 0 Å². The molecule has 0 amide bonds. The summed E-state index contributed by atoms with van der Waals surface area (Å²) >= 11 is 0. The summed E-state index contributed by atoms with van der Waals surface area (Å²) in [6, 6.07) is 7.10. The first-order valence-corrected chi connectivity index (χ1v) is 12.5. The number of hydrogen-bond acceptors (Lipinski definition) is 7. The summed E-state index contributed by atoms with van der Waals surface area (Å²) in [6.07, 6.45) is 1.67. The van der Waals surface area contributed by atoms with Gasteiger partial charge in [-0.1, -0.05) is 6.07 Å². The minimum absolute atomic E-state index is 0.0253. The van der Waals surface area contributed by atoms with Crippen molar-refractivity contribution in [2.75, 3.05) is 13.2 Å². The lowest BCUT2D eigenvalue weighted by Gasteiger charge is -2.21. The molecule has 9 nitrogen and oxygen atoms in total. The number of carbonyl (C=O) groups excluding carboxylic acids is 1. The number of nitrogens with zero attached hydrogens (tertiary/aromatic N) is 3. The molecule has 0 saturated carbocycles. The third-order valence-electron chi connectivity index (χ3n) is 6.51. The fourth-order valence-electron chi connectivity index (χ4n) is 4.66. The number of carbonyl (C=O) groups is 1. The molecular weight excluding hydrogens is 460 g/mol. The molecule has 2 unspecified atom stereocenters. The average Bonchev–Trinajstić information content (AvgIpc) is 3.45. The van der Waals surface area contributed by atoms with E-state index in [1.165, 1.54) is 0 Å². The van der Waals surface area contributed by atoms with E-state index in [0.717, 1.165) is 54.2 Å². The third kappa shape index (κ3) is 5.69. The lowest BCUT2D eigenvalue weighted by atomic mass is 10.1. The highest BCUT2D eigenvalue weighted by Crippen LogP contribution is 2.28. The number of esters is 1. The Morgan fingerprint density at radius 3 is 2.72 bits per heavy atom. The first kappa shape index (κ1) is 26.1. The number of rotatable bonds is 9. The molecule has 0 aliphatic carbocycles. The minimum atomic E-state index is -0.896. The van der Waals surface area contributed by atoms with Crippen LogP contribution in [-0.4, -0.2) is 56.7 Å². The fourth-order valence-corrected chi connectivity index (χ4v) is 4.66. The first-order valence-electron chi connectivity index (χ1n) is 12.5. The van der Waals surface area contributed by atoms with Crippen LogP contribution in [0.4, 0.5) is 0 Å². The lowest BCUT2D eigenvalue weighted by molar-refractivity contribution is -0.152. The molecule has 194 valence electrons. The Hall–Kier alpha value is -3.01. The minimum Gasteiger partial charge on any atom is -0.462 e. The molecule has 3 heterocycles. The molecule has 1 aliphatic heterocycles. The van der Waals surface area contributed by atoms with E-state index in [-0.39, 0.29) is 11.7 Å². The Morgan fingerprint density at radius 2 is 2.08 bits per heavy atom. The Morgan fingerprint density at radius 1 is 1.31 bits per heavy atom. The summed E-state index contributed by atoms with van der Waals surface area (Å²) in [7, 11) is 1.75. The summed E-state index contributed by atoms with van der Waals surface area (Å²) in [5, 5.41) is 13.2. The molecule has 9 heteroatoms. The summed E-state index contributed by atoms with van der Waals surface area (Å²) in [5.74, 6) is 0.731. The van der Waals surface area contributed by atoms with Crippen LogP contribution in [0, 0.1) is 12.8 Å². The zero-order valence-electron chi connectivity index (χ0n) is 21.7. The molecule has 36 heavy (non-hydrogen) atoms. The SMILES string of the molecule is Cc1cc(-c2nc3cc(CNC(C(=O)OC(C)C)C(C)O)ccc3n2C[C@H]2CCOC2)cn(C)c1=O. The standard InChI is InChI=1S/C27H36N4O5/c1-16(2)36-27(34)24(18(4)32)28-12-19-6-7-23-22(11-19)29-25(31(23)13-20-8-9-35-15-20)21-10-17(3)26(33)30(5)14-21/h6-7,10-11,14,16,18,20,24,28,32H,8-9,12-13,15H2,1-5H3/t18?,20-,24?/m1/s1. The van der Waals surface area contributed by atoms with Crippen LogP contribution in [0.5, 0.6) is 0 Å². The van der Waals surface area contributed by atoms with Crippen molar-refractivity contribution >= 4 is 17.0 Å². The van der Waals surface area contributed by atoms with Crippen LogP contribution in [0.3, 0.4) is 0 Å². The number of aryl methyl sites for hydroxylation is 2. The number of ether oxygens (including phenoxy) is 2. The monoisotopic (exact) mass is 496 g/mol. The smallest absolute Gasteiger partial charge is 0.326 e. The van der Waals surface area contributed by atoms with E-state index in [4.69, 9.17) is 14.5 Å². The number of fused-ring (bicyclic) bond motifs is 1. The number of imidazole rings is 1. The second-order valence-electron chi connectivity index (χ2n) is 10.0.